The Labute approximate surface area is 125 Å². The number of nitrogens with one attached hydrogen (secondary N) is 1. The third kappa shape index (κ3) is 3.10. The number of hydrogen-bond acceptors (Lipinski definition) is 3. The van der Waals surface area contributed by atoms with Crippen LogP contribution in [0.3, 0.4) is 0 Å². The molecule has 0 radical (unpaired) electrons. The van der Waals surface area contributed by atoms with Crippen LogP contribution in [0.4, 0.5) is 24.7 Å². The fourth-order valence-electron chi connectivity index (χ4n) is 2.20. The Kier molecular flexibility index (Phi) is 3.60. The summed E-state index contributed by atoms with van der Waals surface area (Å²) in [6.07, 6.45) is -1.67. The van der Waals surface area contributed by atoms with Crippen molar-refractivity contribution in [3.05, 3.63) is 53.2 Å². The Morgan fingerprint density at radius 1 is 1.18 bits per heavy atom. The first-order valence-corrected chi connectivity index (χ1v) is 6.88. The largest absolute Gasteiger partial charge is 0.416 e. The summed E-state index contributed by atoms with van der Waals surface area (Å²) in [5.41, 5.74) is 0.684. The van der Waals surface area contributed by atoms with Crippen LogP contribution in [0, 0.1) is 0 Å². The number of carbonyl (C=O) groups is 1. The van der Waals surface area contributed by atoms with E-state index in [2.05, 4.69) is 10.3 Å². The van der Waals surface area contributed by atoms with Gasteiger partial charge in [-0.2, -0.15) is 13.2 Å². The maximum absolute atomic E-state index is 12.7. The molecule has 0 bridgehead atoms. The fourth-order valence-corrected chi connectivity index (χ4v) is 2.20. The van der Waals surface area contributed by atoms with E-state index in [1.807, 2.05) is 0 Å². The van der Waals surface area contributed by atoms with E-state index in [0.717, 1.165) is 30.7 Å². The molecule has 1 heterocycles. The van der Waals surface area contributed by atoms with E-state index in [4.69, 9.17) is 0 Å². The number of aromatic nitrogens is 1. The average Bonchev–Trinajstić information content (AvgIpc) is 3.31. The molecule has 0 spiro atoms. The van der Waals surface area contributed by atoms with Gasteiger partial charge in [-0.1, -0.05) is 6.07 Å². The van der Waals surface area contributed by atoms with Crippen molar-refractivity contribution in [1.82, 2.24) is 4.98 Å². The Hall–Kier alpha value is -2.37. The van der Waals surface area contributed by atoms with Crippen molar-refractivity contribution in [2.75, 3.05) is 5.32 Å². The number of halogens is 3. The molecule has 1 saturated carbocycles. The van der Waals surface area contributed by atoms with Crippen LogP contribution in [0.5, 0.6) is 0 Å². The highest BCUT2D eigenvalue weighted by atomic mass is 19.4. The van der Waals surface area contributed by atoms with E-state index >= 15 is 0 Å². The zero-order chi connectivity index (χ0) is 15.7. The number of nitrogens with zero attached hydrogens (tertiary/aromatic N) is 1. The molecule has 0 saturated heterocycles. The van der Waals surface area contributed by atoms with Gasteiger partial charge in [0.15, 0.2) is 6.29 Å². The molecule has 1 aromatic heterocycles. The molecule has 1 fully saturated rings. The lowest BCUT2D eigenvalue weighted by Gasteiger charge is -2.12. The maximum Gasteiger partial charge on any atom is 0.416 e. The molecular weight excluding hydrogens is 293 g/mol. The van der Waals surface area contributed by atoms with Gasteiger partial charge in [-0.3, -0.25) is 4.79 Å². The number of rotatable bonds is 4. The number of pyridine rings is 1. The van der Waals surface area contributed by atoms with Crippen molar-refractivity contribution >= 4 is 17.8 Å². The number of anilines is 2. The number of carbonyl (C=O) groups excluding carboxylic acids is 1. The van der Waals surface area contributed by atoms with Gasteiger partial charge < -0.3 is 5.32 Å². The molecule has 22 heavy (non-hydrogen) atoms. The second-order valence-electron chi connectivity index (χ2n) is 5.27. The molecule has 0 atom stereocenters. The Morgan fingerprint density at radius 3 is 2.59 bits per heavy atom. The van der Waals surface area contributed by atoms with Gasteiger partial charge in [0, 0.05) is 17.3 Å². The first kappa shape index (κ1) is 14.6. The topological polar surface area (TPSA) is 42.0 Å². The third-order valence-electron chi connectivity index (χ3n) is 3.52. The lowest BCUT2D eigenvalue weighted by molar-refractivity contribution is -0.137. The van der Waals surface area contributed by atoms with E-state index in [-0.39, 0.29) is 5.69 Å². The Balaban J connectivity index is 1.92. The molecule has 1 N–H and O–H groups in total. The van der Waals surface area contributed by atoms with Crippen LogP contribution in [-0.2, 0) is 6.18 Å². The molecule has 3 rings (SSSR count). The van der Waals surface area contributed by atoms with Gasteiger partial charge in [-0.05, 0) is 43.2 Å². The van der Waals surface area contributed by atoms with Gasteiger partial charge in [0.2, 0.25) is 0 Å². The monoisotopic (exact) mass is 306 g/mol. The van der Waals surface area contributed by atoms with Gasteiger partial charge >= 0.3 is 6.18 Å². The highest BCUT2D eigenvalue weighted by Crippen LogP contribution is 2.40. The van der Waals surface area contributed by atoms with Crippen molar-refractivity contribution in [2.24, 2.45) is 0 Å². The molecule has 114 valence electrons. The molecule has 6 heteroatoms. The lowest BCUT2D eigenvalue weighted by Crippen LogP contribution is -2.06. The maximum atomic E-state index is 12.7. The minimum atomic E-state index is -4.41. The predicted octanol–water partition coefficient (Wildman–Crippen LogP) is 4.53. The second-order valence-corrected chi connectivity index (χ2v) is 5.27. The van der Waals surface area contributed by atoms with Crippen molar-refractivity contribution in [3.63, 3.8) is 0 Å². The van der Waals surface area contributed by atoms with Crippen molar-refractivity contribution in [3.8, 4) is 0 Å². The van der Waals surface area contributed by atoms with Gasteiger partial charge in [0.1, 0.15) is 5.82 Å². The van der Waals surface area contributed by atoms with E-state index < -0.39 is 11.7 Å². The Bertz CT molecular complexity index is 709. The quantitative estimate of drug-likeness (QED) is 0.844. The van der Waals surface area contributed by atoms with Crippen LogP contribution in [0.25, 0.3) is 0 Å². The summed E-state index contributed by atoms with van der Waals surface area (Å²) in [7, 11) is 0. The second kappa shape index (κ2) is 5.44. The zero-order valence-corrected chi connectivity index (χ0v) is 11.5. The molecule has 0 amide bonds. The van der Waals surface area contributed by atoms with Crippen LogP contribution in [0.2, 0.25) is 0 Å². The molecule has 3 nitrogen and oxygen atoms in total. The highest BCUT2D eigenvalue weighted by Gasteiger charge is 2.30. The third-order valence-corrected chi connectivity index (χ3v) is 3.52. The fraction of sp³-hybridized carbons (Fsp3) is 0.250. The summed E-state index contributed by atoms with van der Waals surface area (Å²) < 4.78 is 38.2. The first-order valence-electron chi connectivity index (χ1n) is 6.88. The molecule has 0 unspecified atom stereocenters. The van der Waals surface area contributed by atoms with Crippen molar-refractivity contribution in [2.45, 2.75) is 24.9 Å². The lowest BCUT2D eigenvalue weighted by atomic mass is 10.1. The van der Waals surface area contributed by atoms with Gasteiger partial charge in [-0.25, -0.2) is 4.98 Å². The van der Waals surface area contributed by atoms with Crippen molar-refractivity contribution in [1.29, 1.82) is 0 Å². The van der Waals surface area contributed by atoms with Crippen LogP contribution in [0.1, 0.15) is 40.4 Å². The van der Waals surface area contributed by atoms with E-state index in [1.54, 1.807) is 12.1 Å². The normalized spacial score (nSPS) is 14.7. The molecule has 1 aliphatic carbocycles. The molecule has 1 aliphatic rings. The number of benzene rings is 1. The zero-order valence-electron chi connectivity index (χ0n) is 11.5. The minimum absolute atomic E-state index is 0.248. The van der Waals surface area contributed by atoms with Crippen molar-refractivity contribution < 1.29 is 18.0 Å². The van der Waals surface area contributed by atoms with Gasteiger partial charge in [-0.15, -0.1) is 0 Å². The summed E-state index contributed by atoms with van der Waals surface area (Å²) in [6.45, 7) is 0. The summed E-state index contributed by atoms with van der Waals surface area (Å²) in [5.74, 6) is 0.682. The van der Waals surface area contributed by atoms with Crippen LogP contribution in [0.15, 0.2) is 36.4 Å². The predicted molar refractivity (Wildman–Crippen MR) is 76.3 cm³/mol. The average molecular weight is 306 g/mol. The summed E-state index contributed by atoms with van der Waals surface area (Å²) >= 11 is 0. The first-order chi connectivity index (χ1) is 10.5. The summed E-state index contributed by atoms with van der Waals surface area (Å²) in [4.78, 5) is 15.4. The van der Waals surface area contributed by atoms with Crippen LogP contribution >= 0.6 is 0 Å². The number of aldehydes is 1. The Morgan fingerprint density at radius 2 is 1.95 bits per heavy atom. The number of hydrogen-bond donors (Lipinski definition) is 1. The number of alkyl halides is 3. The summed E-state index contributed by atoms with van der Waals surface area (Å²) in [6, 6.07) is 8.26. The minimum Gasteiger partial charge on any atom is -0.340 e. The summed E-state index contributed by atoms with van der Waals surface area (Å²) in [5, 5.41) is 2.82. The molecule has 1 aromatic carbocycles. The van der Waals surface area contributed by atoms with E-state index in [1.165, 1.54) is 12.1 Å². The molecular formula is C16H13F3N2O. The van der Waals surface area contributed by atoms with Gasteiger partial charge in [0.05, 0.1) is 11.1 Å². The SMILES string of the molecule is O=Cc1ccc(C2CC2)nc1Nc1cccc(C(F)(F)F)c1. The highest BCUT2D eigenvalue weighted by molar-refractivity contribution is 5.84. The standard InChI is InChI=1S/C16H13F3N2O/c17-16(18,19)12-2-1-3-13(8-12)20-15-11(9-22)6-7-14(21-15)10-4-5-10/h1-3,6-10H,4-5H2,(H,20,21). The smallest absolute Gasteiger partial charge is 0.340 e. The molecule has 2 aromatic rings. The van der Waals surface area contributed by atoms with E-state index in [9.17, 15) is 18.0 Å². The van der Waals surface area contributed by atoms with Crippen LogP contribution < -0.4 is 5.32 Å². The van der Waals surface area contributed by atoms with Gasteiger partial charge in [0.25, 0.3) is 0 Å². The van der Waals surface area contributed by atoms with E-state index in [0.29, 0.717) is 23.6 Å². The molecule has 0 aliphatic heterocycles. The van der Waals surface area contributed by atoms with Crippen LogP contribution in [-0.4, -0.2) is 11.3 Å².